The molecule has 1 N–H and O–H groups in total. The van der Waals surface area contributed by atoms with Crippen LogP contribution in [0.25, 0.3) is 0 Å². The molecule has 0 bridgehead atoms. The van der Waals surface area contributed by atoms with Gasteiger partial charge < -0.3 is 19.7 Å². The Labute approximate surface area is 187 Å². The fraction of sp³-hybridized carbons (Fsp3) is 0.632. The van der Waals surface area contributed by atoms with Crippen LogP contribution < -0.4 is 5.32 Å². The maximum Gasteiger partial charge on any atom is 0.194 e. The molecule has 1 aromatic rings. The summed E-state index contributed by atoms with van der Waals surface area (Å²) in [5.74, 6) is 0.606. The first-order valence-electron chi connectivity index (χ1n) is 9.21. The predicted molar refractivity (Wildman–Crippen MR) is 121 cm³/mol. The molecule has 2 rings (SSSR count). The van der Waals surface area contributed by atoms with Crippen LogP contribution >= 0.6 is 39.9 Å². The van der Waals surface area contributed by atoms with Gasteiger partial charge in [-0.2, -0.15) is 0 Å². The monoisotopic (exact) mass is 557 g/mol. The summed E-state index contributed by atoms with van der Waals surface area (Å²) in [6.45, 7) is 6.43. The largest absolute Gasteiger partial charge is 0.385 e. The van der Waals surface area contributed by atoms with E-state index in [0.29, 0.717) is 18.2 Å². The molecule has 0 radical (unpaired) electrons. The van der Waals surface area contributed by atoms with Gasteiger partial charge in [0.2, 0.25) is 0 Å². The first kappa shape index (κ1) is 24.6. The maximum absolute atomic E-state index is 14.0. The van der Waals surface area contributed by atoms with Gasteiger partial charge in [-0.25, -0.2) is 9.38 Å². The highest BCUT2D eigenvalue weighted by molar-refractivity contribution is 14.0. The Balaban J connectivity index is 0.00000364. The SMILES string of the molecule is CCNC(=NCc1ccc(Br)cc1F)N1CCC(OCCCOC)CC1.I. The Kier molecular flexibility index (Phi) is 12.5. The molecule has 1 aromatic carbocycles. The minimum atomic E-state index is -0.234. The zero-order chi connectivity index (χ0) is 18.8. The number of hydrogen-bond acceptors (Lipinski definition) is 3. The third kappa shape index (κ3) is 8.62. The minimum Gasteiger partial charge on any atom is -0.385 e. The van der Waals surface area contributed by atoms with E-state index in [1.165, 1.54) is 6.07 Å². The highest BCUT2D eigenvalue weighted by Crippen LogP contribution is 2.17. The van der Waals surface area contributed by atoms with Gasteiger partial charge in [0.1, 0.15) is 5.82 Å². The Bertz CT molecular complexity index is 584. The van der Waals surface area contributed by atoms with Crippen molar-refractivity contribution in [3.63, 3.8) is 0 Å². The number of likely N-dealkylation sites (tertiary alicyclic amines) is 1. The predicted octanol–water partition coefficient (Wildman–Crippen LogP) is 4.19. The number of rotatable bonds is 8. The van der Waals surface area contributed by atoms with E-state index in [4.69, 9.17) is 9.47 Å². The second-order valence-electron chi connectivity index (χ2n) is 6.31. The summed E-state index contributed by atoms with van der Waals surface area (Å²) < 4.78 is 25.7. The van der Waals surface area contributed by atoms with E-state index in [9.17, 15) is 4.39 Å². The molecule has 8 heteroatoms. The van der Waals surface area contributed by atoms with Crippen molar-refractivity contribution in [1.29, 1.82) is 0 Å². The average molecular weight is 558 g/mol. The average Bonchev–Trinajstić information content (AvgIpc) is 2.64. The van der Waals surface area contributed by atoms with Crippen molar-refractivity contribution >= 4 is 45.9 Å². The molecule has 0 spiro atoms. The molecule has 1 fully saturated rings. The van der Waals surface area contributed by atoms with Crippen LogP contribution in [0, 0.1) is 5.82 Å². The molecule has 0 aliphatic carbocycles. The summed E-state index contributed by atoms with van der Waals surface area (Å²) >= 11 is 3.28. The van der Waals surface area contributed by atoms with Crippen LogP contribution in [0.4, 0.5) is 4.39 Å². The van der Waals surface area contributed by atoms with Crippen LogP contribution in [-0.2, 0) is 16.0 Å². The summed E-state index contributed by atoms with van der Waals surface area (Å²) in [5, 5.41) is 3.32. The minimum absolute atomic E-state index is 0. The van der Waals surface area contributed by atoms with Crippen LogP contribution in [0.1, 0.15) is 31.7 Å². The van der Waals surface area contributed by atoms with Gasteiger partial charge in [0, 0.05) is 50.0 Å². The number of ether oxygens (including phenoxy) is 2. The molecule has 0 unspecified atom stereocenters. The van der Waals surface area contributed by atoms with Crippen LogP contribution in [0.3, 0.4) is 0 Å². The molecule has 1 aliphatic rings. The zero-order valence-corrected chi connectivity index (χ0v) is 20.0. The van der Waals surface area contributed by atoms with Crippen LogP contribution in [0.5, 0.6) is 0 Å². The molecule has 1 aliphatic heterocycles. The molecule has 0 aromatic heterocycles. The lowest BCUT2D eigenvalue weighted by Crippen LogP contribution is -2.47. The van der Waals surface area contributed by atoms with E-state index in [0.717, 1.165) is 62.5 Å². The van der Waals surface area contributed by atoms with Gasteiger partial charge in [-0.15, -0.1) is 24.0 Å². The number of hydrogen-bond donors (Lipinski definition) is 1. The van der Waals surface area contributed by atoms with Crippen LogP contribution in [0.2, 0.25) is 0 Å². The Morgan fingerprint density at radius 3 is 2.70 bits per heavy atom. The van der Waals surface area contributed by atoms with Gasteiger partial charge >= 0.3 is 0 Å². The fourth-order valence-electron chi connectivity index (χ4n) is 2.92. The molecular weight excluding hydrogens is 528 g/mol. The molecule has 1 saturated heterocycles. The Morgan fingerprint density at radius 1 is 1.33 bits per heavy atom. The maximum atomic E-state index is 14.0. The second-order valence-corrected chi connectivity index (χ2v) is 7.23. The number of guanidine groups is 1. The van der Waals surface area contributed by atoms with Gasteiger partial charge in [-0.05, 0) is 38.3 Å². The first-order chi connectivity index (χ1) is 12.6. The smallest absolute Gasteiger partial charge is 0.194 e. The van der Waals surface area contributed by atoms with E-state index in [-0.39, 0.29) is 29.8 Å². The summed E-state index contributed by atoms with van der Waals surface area (Å²) in [5.41, 5.74) is 0.597. The number of halogens is 3. The summed E-state index contributed by atoms with van der Waals surface area (Å²) in [7, 11) is 1.71. The van der Waals surface area contributed by atoms with E-state index in [1.807, 2.05) is 13.0 Å². The number of aliphatic imine (C=N–C) groups is 1. The van der Waals surface area contributed by atoms with E-state index >= 15 is 0 Å². The highest BCUT2D eigenvalue weighted by atomic mass is 127. The molecule has 5 nitrogen and oxygen atoms in total. The van der Waals surface area contributed by atoms with Crippen LogP contribution in [0.15, 0.2) is 27.7 Å². The fourth-order valence-corrected chi connectivity index (χ4v) is 3.26. The number of benzene rings is 1. The van der Waals surface area contributed by atoms with Crippen molar-refractivity contribution in [2.45, 2.75) is 38.8 Å². The molecule has 154 valence electrons. The van der Waals surface area contributed by atoms with Crippen molar-refractivity contribution in [3.05, 3.63) is 34.1 Å². The number of nitrogens with zero attached hydrogens (tertiary/aromatic N) is 2. The molecular formula is C19H30BrFIN3O2. The molecule has 27 heavy (non-hydrogen) atoms. The van der Waals surface area contributed by atoms with Crippen LogP contribution in [-0.4, -0.2) is 56.9 Å². The van der Waals surface area contributed by atoms with Gasteiger partial charge in [0.05, 0.1) is 12.6 Å². The molecule has 0 atom stereocenters. The highest BCUT2D eigenvalue weighted by Gasteiger charge is 2.21. The van der Waals surface area contributed by atoms with Gasteiger partial charge in [-0.1, -0.05) is 22.0 Å². The topological polar surface area (TPSA) is 46.1 Å². The van der Waals surface area contributed by atoms with E-state index in [1.54, 1.807) is 13.2 Å². The van der Waals surface area contributed by atoms with Crippen molar-refractivity contribution < 1.29 is 13.9 Å². The third-order valence-electron chi connectivity index (χ3n) is 4.34. The number of nitrogens with one attached hydrogen (secondary N) is 1. The summed E-state index contributed by atoms with van der Waals surface area (Å²) in [4.78, 5) is 6.86. The summed E-state index contributed by atoms with van der Waals surface area (Å²) in [6.07, 6.45) is 3.18. The van der Waals surface area contributed by atoms with Crippen molar-refractivity contribution in [2.24, 2.45) is 4.99 Å². The second kappa shape index (κ2) is 13.7. The van der Waals surface area contributed by atoms with Crippen molar-refractivity contribution in [1.82, 2.24) is 10.2 Å². The molecule has 0 saturated carbocycles. The lowest BCUT2D eigenvalue weighted by molar-refractivity contribution is 0.00990. The van der Waals surface area contributed by atoms with Crippen molar-refractivity contribution in [2.75, 3.05) is 40.0 Å². The Hall–Kier alpha value is -0.450. The van der Waals surface area contributed by atoms with Gasteiger partial charge in [0.15, 0.2) is 5.96 Å². The quantitative estimate of drug-likeness (QED) is 0.225. The lowest BCUT2D eigenvalue weighted by atomic mass is 10.1. The number of piperidine rings is 1. The lowest BCUT2D eigenvalue weighted by Gasteiger charge is -2.34. The third-order valence-corrected chi connectivity index (χ3v) is 4.83. The summed E-state index contributed by atoms with van der Waals surface area (Å²) in [6, 6.07) is 5.09. The van der Waals surface area contributed by atoms with Gasteiger partial charge in [-0.3, -0.25) is 0 Å². The van der Waals surface area contributed by atoms with Crippen molar-refractivity contribution in [3.8, 4) is 0 Å². The first-order valence-corrected chi connectivity index (χ1v) is 10.0. The normalized spacial score (nSPS) is 15.6. The Morgan fingerprint density at radius 2 is 2.07 bits per heavy atom. The standard InChI is InChI=1S/C19H29BrFN3O2.HI/c1-3-22-19(23-14-15-5-6-16(20)13-18(15)21)24-9-7-17(8-10-24)26-12-4-11-25-2;/h5-6,13,17H,3-4,7-12,14H2,1-2H3,(H,22,23);1H. The van der Waals surface area contributed by atoms with E-state index < -0.39 is 0 Å². The van der Waals surface area contributed by atoms with E-state index in [2.05, 4.69) is 31.1 Å². The number of methoxy groups -OCH3 is 1. The zero-order valence-electron chi connectivity index (χ0n) is 16.0. The molecule has 1 heterocycles. The molecule has 0 amide bonds. The van der Waals surface area contributed by atoms with Gasteiger partial charge in [0.25, 0.3) is 0 Å².